The van der Waals surface area contributed by atoms with Gasteiger partial charge in [0.2, 0.25) is 15.9 Å². The largest absolute Gasteiger partial charge is 0.351 e. The van der Waals surface area contributed by atoms with Gasteiger partial charge in [-0.2, -0.15) is 0 Å². The molecule has 1 atom stereocenters. The molecule has 9 heteroatoms. The van der Waals surface area contributed by atoms with Gasteiger partial charge in [0.25, 0.3) is 0 Å². The minimum absolute atomic E-state index is 0.132. The van der Waals surface area contributed by atoms with Gasteiger partial charge in [-0.05, 0) is 50.1 Å². The number of piperidine rings is 1. The van der Waals surface area contributed by atoms with E-state index < -0.39 is 10.0 Å². The van der Waals surface area contributed by atoms with Gasteiger partial charge in [0.05, 0.1) is 10.9 Å². The second-order valence-corrected chi connectivity index (χ2v) is 9.52. The van der Waals surface area contributed by atoms with Crippen molar-refractivity contribution in [2.24, 2.45) is 0 Å². The van der Waals surface area contributed by atoms with Crippen LogP contribution in [-0.4, -0.2) is 44.4 Å². The summed E-state index contributed by atoms with van der Waals surface area (Å²) in [5, 5.41) is 3.25. The molecule has 1 heterocycles. The van der Waals surface area contributed by atoms with Gasteiger partial charge < -0.3 is 5.32 Å². The molecule has 0 radical (unpaired) electrons. The summed E-state index contributed by atoms with van der Waals surface area (Å²) in [6, 6.07) is 11.8. The highest BCUT2D eigenvalue weighted by molar-refractivity contribution is 7.89. The number of carbonyl (C=O) groups excluding carboxylic acids is 1. The molecule has 162 valence electrons. The fourth-order valence-electron chi connectivity index (χ4n) is 3.44. The van der Waals surface area contributed by atoms with E-state index in [2.05, 4.69) is 10.0 Å². The average Bonchev–Trinajstić information content (AvgIpc) is 2.73. The lowest BCUT2D eigenvalue weighted by Crippen LogP contribution is -2.51. The van der Waals surface area contributed by atoms with Gasteiger partial charge in [0.15, 0.2) is 0 Å². The Morgan fingerprint density at radius 3 is 2.43 bits per heavy atom. The second-order valence-electron chi connectivity index (χ2n) is 7.37. The maximum Gasteiger partial charge on any atom is 0.240 e. The number of rotatable bonds is 7. The summed E-state index contributed by atoms with van der Waals surface area (Å²) in [6.07, 6.45) is 1.19. The lowest BCUT2D eigenvalue weighted by Gasteiger charge is -2.35. The van der Waals surface area contributed by atoms with Gasteiger partial charge in [-0.15, -0.1) is 0 Å². The van der Waals surface area contributed by atoms with Crippen LogP contribution in [0.3, 0.4) is 0 Å². The third-order valence-corrected chi connectivity index (χ3v) is 7.10. The number of nitrogens with zero attached hydrogens (tertiary/aromatic N) is 1. The van der Waals surface area contributed by atoms with Crippen molar-refractivity contribution in [2.75, 3.05) is 13.1 Å². The molecule has 1 aliphatic rings. The van der Waals surface area contributed by atoms with Gasteiger partial charge in [-0.3, -0.25) is 9.69 Å². The Balaban J connectivity index is 1.49. The minimum atomic E-state index is -3.62. The lowest BCUT2D eigenvalue weighted by atomic mass is 10.0. The van der Waals surface area contributed by atoms with Crippen LogP contribution in [0.2, 0.25) is 5.02 Å². The Kier molecular flexibility index (Phi) is 7.46. The lowest BCUT2D eigenvalue weighted by molar-refractivity contribution is -0.126. The van der Waals surface area contributed by atoms with Gasteiger partial charge in [-0.25, -0.2) is 17.5 Å². The highest BCUT2D eigenvalue weighted by atomic mass is 35.5. The number of halogens is 2. The molecule has 3 rings (SSSR count). The minimum Gasteiger partial charge on any atom is -0.351 e. The van der Waals surface area contributed by atoms with Crippen molar-refractivity contribution >= 4 is 27.5 Å². The molecule has 0 aromatic heterocycles. The second kappa shape index (κ2) is 9.87. The van der Waals surface area contributed by atoms with E-state index in [4.69, 9.17) is 11.6 Å². The predicted molar refractivity (Wildman–Crippen MR) is 114 cm³/mol. The van der Waals surface area contributed by atoms with E-state index in [-0.39, 0.29) is 35.2 Å². The van der Waals surface area contributed by atoms with Crippen molar-refractivity contribution < 1.29 is 17.6 Å². The first-order chi connectivity index (χ1) is 14.3. The van der Waals surface area contributed by atoms with Crippen LogP contribution in [0.4, 0.5) is 4.39 Å². The van der Waals surface area contributed by atoms with Gasteiger partial charge in [-0.1, -0.05) is 29.8 Å². The van der Waals surface area contributed by atoms with E-state index in [1.165, 1.54) is 18.2 Å². The highest BCUT2D eigenvalue weighted by Gasteiger charge is 2.29. The van der Waals surface area contributed by atoms with Crippen molar-refractivity contribution in [3.63, 3.8) is 0 Å². The molecule has 2 aromatic rings. The highest BCUT2D eigenvalue weighted by Crippen LogP contribution is 2.18. The third-order valence-electron chi connectivity index (χ3n) is 5.31. The van der Waals surface area contributed by atoms with Gasteiger partial charge in [0, 0.05) is 36.3 Å². The number of hydrogen-bond donors (Lipinski definition) is 2. The van der Waals surface area contributed by atoms with Crippen molar-refractivity contribution in [1.82, 2.24) is 14.9 Å². The van der Waals surface area contributed by atoms with Crippen LogP contribution >= 0.6 is 11.6 Å². The van der Waals surface area contributed by atoms with Gasteiger partial charge in [0.1, 0.15) is 5.82 Å². The zero-order valence-corrected chi connectivity index (χ0v) is 18.2. The van der Waals surface area contributed by atoms with Crippen LogP contribution in [0.5, 0.6) is 0 Å². The number of benzene rings is 2. The zero-order chi connectivity index (χ0) is 21.7. The summed E-state index contributed by atoms with van der Waals surface area (Å²) >= 11 is 5.82. The summed E-state index contributed by atoms with van der Waals surface area (Å²) < 4.78 is 41.5. The normalized spacial score (nSPS) is 16.9. The molecule has 2 N–H and O–H groups in total. The fourth-order valence-corrected chi connectivity index (χ4v) is 4.87. The van der Waals surface area contributed by atoms with E-state index in [1.54, 1.807) is 37.3 Å². The smallest absolute Gasteiger partial charge is 0.240 e. The average molecular weight is 454 g/mol. The summed E-state index contributed by atoms with van der Waals surface area (Å²) in [5.41, 5.74) is 0.438. The van der Waals surface area contributed by atoms with E-state index in [1.807, 2.05) is 4.90 Å². The van der Waals surface area contributed by atoms with E-state index in [9.17, 15) is 17.6 Å². The van der Waals surface area contributed by atoms with Crippen LogP contribution < -0.4 is 10.0 Å². The number of nitrogens with one attached hydrogen (secondary N) is 2. The summed E-state index contributed by atoms with van der Waals surface area (Å²) in [4.78, 5) is 14.6. The van der Waals surface area contributed by atoms with Crippen molar-refractivity contribution in [3.8, 4) is 0 Å². The first kappa shape index (κ1) is 22.7. The molecule has 1 unspecified atom stereocenters. The maximum absolute atomic E-state index is 13.7. The van der Waals surface area contributed by atoms with Crippen LogP contribution in [0.1, 0.15) is 25.3 Å². The molecule has 1 saturated heterocycles. The molecule has 0 saturated carbocycles. The number of likely N-dealkylation sites (tertiary alicyclic amines) is 1. The molecule has 1 amide bonds. The molecule has 30 heavy (non-hydrogen) atoms. The molecular formula is C21H25ClFN3O3S. The van der Waals surface area contributed by atoms with Crippen LogP contribution in [0, 0.1) is 5.82 Å². The Morgan fingerprint density at radius 1 is 1.17 bits per heavy atom. The van der Waals surface area contributed by atoms with Crippen molar-refractivity contribution in [3.05, 3.63) is 64.9 Å². The van der Waals surface area contributed by atoms with Gasteiger partial charge >= 0.3 is 0 Å². The first-order valence-electron chi connectivity index (χ1n) is 9.79. The zero-order valence-electron chi connectivity index (χ0n) is 16.6. The molecular weight excluding hydrogens is 429 g/mol. The number of hydrogen-bond acceptors (Lipinski definition) is 4. The third kappa shape index (κ3) is 5.78. The number of sulfonamides is 1. The molecule has 2 aromatic carbocycles. The quantitative estimate of drug-likeness (QED) is 0.675. The maximum atomic E-state index is 13.7. The Bertz CT molecular complexity index is 977. The monoisotopic (exact) mass is 453 g/mol. The van der Waals surface area contributed by atoms with E-state index in [0.29, 0.717) is 36.5 Å². The standard InChI is InChI=1S/C21H25ClFN3O3S/c1-15(21(27)24-14-16-4-2-3-5-20(16)23)26-12-10-18(11-13-26)25-30(28,29)19-8-6-17(22)7-9-19/h2-9,15,18,25H,10-14H2,1H3,(H,24,27). The molecule has 1 fully saturated rings. The summed E-state index contributed by atoms with van der Waals surface area (Å²) in [5.74, 6) is -0.530. The van der Waals surface area contributed by atoms with Crippen LogP contribution in [-0.2, 0) is 21.4 Å². The molecule has 0 bridgehead atoms. The first-order valence-corrected chi connectivity index (χ1v) is 11.7. The van der Waals surface area contributed by atoms with Crippen molar-refractivity contribution in [1.29, 1.82) is 0 Å². The molecule has 0 aliphatic carbocycles. The molecule has 0 spiro atoms. The predicted octanol–water partition coefficient (Wildman–Crippen LogP) is 2.93. The van der Waals surface area contributed by atoms with Crippen LogP contribution in [0.25, 0.3) is 0 Å². The van der Waals surface area contributed by atoms with E-state index >= 15 is 0 Å². The Hall–Kier alpha value is -2.00. The van der Waals surface area contributed by atoms with E-state index in [0.717, 1.165) is 0 Å². The summed E-state index contributed by atoms with van der Waals surface area (Å²) in [7, 11) is -3.62. The SMILES string of the molecule is CC(C(=O)NCc1ccccc1F)N1CCC(NS(=O)(=O)c2ccc(Cl)cc2)CC1. The van der Waals surface area contributed by atoms with Crippen molar-refractivity contribution in [2.45, 2.75) is 43.3 Å². The molecule has 1 aliphatic heterocycles. The Morgan fingerprint density at radius 2 is 1.80 bits per heavy atom. The Labute approximate surface area is 181 Å². The fraction of sp³-hybridized carbons (Fsp3) is 0.381. The number of amides is 1. The van der Waals surface area contributed by atoms with Crippen LogP contribution in [0.15, 0.2) is 53.4 Å². The topological polar surface area (TPSA) is 78.5 Å². The number of carbonyl (C=O) groups is 1. The molecule has 6 nitrogen and oxygen atoms in total. The summed E-state index contributed by atoms with van der Waals surface area (Å²) in [6.45, 7) is 3.10.